The quantitative estimate of drug-likeness (QED) is 0.695. The maximum absolute atomic E-state index is 11.9. The summed E-state index contributed by atoms with van der Waals surface area (Å²) in [7, 11) is -2.16. The molecule has 0 atom stereocenters. The topological polar surface area (TPSA) is 50.7 Å². The fraction of sp³-hybridized carbons (Fsp3) is 0.368. The molecular formula is C19H26N2O2S. The maximum Gasteiger partial charge on any atom is 0.0961 e. The molecule has 0 aliphatic heterocycles. The van der Waals surface area contributed by atoms with Crippen molar-refractivity contribution in [2.24, 2.45) is 4.36 Å². The Labute approximate surface area is 145 Å². The van der Waals surface area contributed by atoms with E-state index in [9.17, 15) is 4.21 Å². The Morgan fingerprint density at radius 3 is 2.46 bits per heavy atom. The van der Waals surface area contributed by atoms with E-state index >= 15 is 0 Å². The van der Waals surface area contributed by atoms with Crippen LogP contribution in [0.15, 0.2) is 59.0 Å². The zero-order valence-electron chi connectivity index (χ0n) is 14.4. The van der Waals surface area contributed by atoms with Crippen LogP contribution >= 0.6 is 0 Å². The molecule has 2 rings (SSSR count). The number of anilines is 1. The van der Waals surface area contributed by atoms with Gasteiger partial charge < -0.3 is 10.1 Å². The van der Waals surface area contributed by atoms with Gasteiger partial charge in [0.2, 0.25) is 0 Å². The van der Waals surface area contributed by atoms with E-state index in [1.54, 1.807) is 12.5 Å². The molecule has 4 nitrogen and oxygen atoms in total. The van der Waals surface area contributed by atoms with Gasteiger partial charge in [0.05, 0.1) is 18.0 Å². The van der Waals surface area contributed by atoms with Gasteiger partial charge in [-0.3, -0.25) is 0 Å². The SMILES string of the molecule is CS(C)(=O)=Nc1ccccc1NCCCOCCc1ccccc1. The fourth-order valence-electron chi connectivity index (χ4n) is 2.27. The molecule has 1 N–H and O–H groups in total. The van der Waals surface area contributed by atoms with E-state index in [1.807, 2.05) is 42.5 Å². The van der Waals surface area contributed by atoms with Crippen molar-refractivity contribution < 1.29 is 8.95 Å². The molecule has 0 bridgehead atoms. The minimum atomic E-state index is -2.16. The van der Waals surface area contributed by atoms with Gasteiger partial charge in [-0.2, -0.15) is 4.36 Å². The number of hydrogen-bond acceptors (Lipinski definition) is 4. The standard InChI is InChI=1S/C19H26N2O2S/c1-24(2,22)21-19-12-7-6-11-18(19)20-14-8-15-23-16-13-17-9-4-3-5-10-17/h3-7,9-12,20H,8,13-16H2,1-2H3. The lowest BCUT2D eigenvalue weighted by Gasteiger charge is -2.10. The minimum absolute atomic E-state index is 0.720. The second kappa shape index (κ2) is 9.45. The van der Waals surface area contributed by atoms with E-state index in [0.29, 0.717) is 0 Å². The van der Waals surface area contributed by atoms with E-state index in [-0.39, 0.29) is 0 Å². The molecule has 0 spiro atoms. The van der Waals surface area contributed by atoms with Crippen molar-refractivity contribution in [2.75, 3.05) is 37.6 Å². The van der Waals surface area contributed by atoms with Crippen LogP contribution in [-0.4, -0.2) is 36.5 Å². The van der Waals surface area contributed by atoms with Crippen molar-refractivity contribution in [3.63, 3.8) is 0 Å². The summed E-state index contributed by atoms with van der Waals surface area (Å²) in [5.41, 5.74) is 2.96. The van der Waals surface area contributed by atoms with E-state index in [4.69, 9.17) is 4.74 Å². The zero-order chi connectivity index (χ0) is 17.3. The normalized spacial score (nSPS) is 11.2. The first-order valence-electron chi connectivity index (χ1n) is 8.16. The van der Waals surface area contributed by atoms with Gasteiger partial charge in [0.15, 0.2) is 0 Å². The molecular weight excluding hydrogens is 320 g/mol. The van der Waals surface area contributed by atoms with Crippen molar-refractivity contribution in [2.45, 2.75) is 12.8 Å². The van der Waals surface area contributed by atoms with Gasteiger partial charge in [-0.15, -0.1) is 0 Å². The molecule has 0 amide bonds. The zero-order valence-corrected chi connectivity index (χ0v) is 15.2. The summed E-state index contributed by atoms with van der Waals surface area (Å²) in [5, 5.41) is 3.35. The third-order valence-corrected chi connectivity index (χ3v) is 4.02. The lowest BCUT2D eigenvalue weighted by atomic mass is 10.2. The molecule has 2 aromatic carbocycles. The van der Waals surface area contributed by atoms with E-state index < -0.39 is 9.73 Å². The monoisotopic (exact) mass is 346 g/mol. The van der Waals surface area contributed by atoms with E-state index in [0.717, 1.165) is 44.0 Å². The van der Waals surface area contributed by atoms with Gasteiger partial charge in [-0.05, 0) is 30.5 Å². The van der Waals surface area contributed by atoms with Crippen LogP contribution in [0.25, 0.3) is 0 Å². The Balaban J connectivity index is 1.69. The van der Waals surface area contributed by atoms with Crippen LogP contribution in [-0.2, 0) is 20.9 Å². The lowest BCUT2D eigenvalue weighted by molar-refractivity contribution is 0.137. The molecule has 0 radical (unpaired) electrons. The first-order chi connectivity index (χ1) is 11.5. The van der Waals surface area contributed by atoms with Gasteiger partial charge in [-0.1, -0.05) is 42.5 Å². The van der Waals surface area contributed by atoms with Crippen molar-refractivity contribution in [3.8, 4) is 0 Å². The highest BCUT2D eigenvalue weighted by Crippen LogP contribution is 2.25. The van der Waals surface area contributed by atoms with Crippen LogP contribution in [0.1, 0.15) is 12.0 Å². The summed E-state index contributed by atoms with van der Waals surface area (Å²) >= 11 is 0. The predicted molar refractivity (Wildman–Crippen MR) is 103 cm³/mol. The predicted octanol–water partition coefficient (Wildman–Crippen LogP) is 4.11. The van der Waals surface area contributed by atoms with Crippen molar-refractivity contribution >= 4 is 21.1 Å². The largest absolute Gasteiger partial charge is 0.383 e. The van der Waals surface area contributed by atoms with Gasteiger partial charge in [-0.25, -0.2) is 4.21 Å². The Morgan fingerprint density at radius 1 is 1.00 bits per heavy atom. The first-order valence-corrected chi connectivity index (χ1v) is 10.5. The van der Waals surface area contributed by atoms with Gasteiger partial charge in [0, 0.05) is 35.4 Å². The highest BCUT2D eigenvalue weighted by molar-refractivity contribution is 7.92. The van der Waals surface area contributed by atoms with Crippen LogP contribution in [0.2, 0.25) is 0 Å². The smallest absolute Gasteiger partial charge is 0.0961 e. The highest BCUT2D eigenvalue weighted by Gasteiger charge is 2.01. The molecule has 0 aliphatic rings. The summed E-state index contributed by atoms with van der Waals surface area (Å²) in [6, 6.07) is 18.0. The number of benzene rings is 2. The van der Waals surface area contributed by atoms with Gasteiger partial charge in [0.1, 0.15) is 0 Å². The Kier molecular flexibility index (Phi) is 7.28. The molecule has 0 fully saturated rings. The average molecular weight is 346 g/mol. The van der Waals surface area contributed by atoms with Crippen LogP contribution in [0.5, 0.6) is 0 Å². The van der Waals surface area contributed by atoms with Crippen molar-refractivity contribution in [1.29, 1.82) is 0 Å². The molecule has 0 saturated heterocycles. The third kappa shape index (κ3) is 7.15. The molecule has 24 heavy (non-hydrogen) atoms. The Hall–Kier alpha value is -1.85. The number of nitrogens with zero attached hydrogens (tertiary/aromatic N) is 1. The van der Waals surface area contributed by atoms with Crippen LogP contribution in [0, 0.1) is 0 Å². The molecule has 0 heterocycles. The van der Waals surface area contributed by atoms with Crippen LogP contribution in [0.4, 0.5) is 11.4 Å². The summed E-state index contributed by atoms with van der Waals surface area (Å²) in [5.74, 6) is 0. The summed E-state index contributed by atoms with van der Waals surface area (Å²) in [6.45, 7) is 2.26. The third-order valence-electron chi connectivity index (χ3n) is 3.38. The maximum atomic E-state index is 11.9. The van der Waals surface area contributed by atoms with Crippen molar-refractivity contribution in [3.05, 3.63) is 60.2 Å². The number of rotatable bonds is 9. The number of ether oxygens (including phenoxy) is 1. The number of para-hydroxylation sites is 1. The molecule has 0 aromatic heterocycles. The summed E-state index contributed by atoms with van der Waals surface area (Å²) < 4.78 is 21.8. The molecule has 0 aliphatic carbocycles. The summed E-state index contributed by atoms with van der Waals surface area (Å²) in [6.07, 6.45) is 5.14. The van der Waals surface area contributed by atoms with Gasteiger partial charge >= 0.3 is 0 Å². The molecule has 0 unspecified atom stereocenters. The molecule has 130 valence electrons. The second-order valence-corrected chi connectivity index (χ2v) is 8.46. The molecule has 2 aromatic rings. The van der Waals surface area contributed by atoms with E-state index in [2.05, 4.69) is 21.8 Å². The number of nitrogens with one attached hydrogen (secondary N) is 1. The van der Waals surface area contributed by atoms with Crippen LogP contribution < -0.4 is 5.32 Å². The Morgan fingerprint density at radius 2 is 1.71 bits per heavy atom. The highest BCUT2D eigenvalue weighted by atomic mass is 32.2. The van der Waals surface area contributed by atoms with E-state index in [1.165, 1.54) is 5.56 Å². The lowest BCUT2D eigenvalue weighted by Crippen LogP contribution is -2.07. The minimum Gasteiger partial charge on any atom is -0.383 e. The molecule has 0 saturated carbocycles. The Bertz CT molecular complexity index is 730. The fourth-order valence-corrected chi connectivity index (χ4v) is 2.91. The van der Waals surface area contributed by atoms with Gasteiger partial charge in [0.25, 0.3) is 0 Å². The number of hydrogen-bond donors (Lipinski definition) is 1. The molecule has 5 heteroatoms. The van der Waals surface area contributed by atoms with Crippen molar-refractivity contribution in [1.82, 2.24) is 0 Å². The average Bonchev–Trinajstić information content (AvgIpc) is 2.55. The van der Waals surface area contributed by atoms with Crippen LogP contribution in [0.3, 0.4) is 0 Å². The first kappa shape index (κ1) is 18.5. The summed E-state index contributed by atoms with van der Waals surface area (Å²) in [4.78, 5) is 0. The second-order valence-electron chi connectivity index (χ2n) is 5.92.